The molecule has 2 N–H and O–H groups in total. The van der Waals surface area contributed by atoms with Crippen molar-refractivity contribution in [3.05, 3.63) is 34.9 Å². The summed E-state index contributed by atoms with van der Waals surface area (Å²) in [7, 11) is 3.12. The van der Waals surface area contributed by atoms with Crippen molar-refractivity contribution >= 4 is 11.8 Å². The van der Waals surface area contributed by atoms with E-state index >= 15 is 0 Å². The zero-order valence-electron chi connectivity index (χ0n) is 12.6. The number of carbonyl (C=O) groups is 2. The van der Waals surface area contributed by atoms with Crippen molar-refractivity contribution in [2.45, 2.75) is 13.3 Å². The van der Waals surface area contributed by atoms with E-state index < -0.39 is 0 Å². The number of amides is 2. The van der Waals surface area contributed by atoms with Crippen LogP contribution in [0.25, 0.3) is 0 Å². The highest BCUT2D eigenvalue weighted by Gasteiger charge is 2.14. The highest BCUT2D eigenvalue weighted by molar-refractivity contribution is 5.96. The van der Waals surface area contributed by atoms with Crippen LogP contribution in [0.4, 0.5) is 0 Å². The number of aliphatic hydroxyl groups excluding tert-OH is 1. The van der Waals surface area contributed by atoms with Gasteiger partial charge in [0.15, 0.2) is 0 Å². The van der Waals surface area contributed by atoms with Crippen molar-refractivity contribution in [2.75, 3.05) is 27.2 Å². The lowest BCUT2D eigenvalue weighted by molar-refractivity contribution is -0.121. The number of rotatable bonds is 4. The Morgan fingerprint density at radius 3 is 2.67 bits per heavy atom. The third-order valence-corrected chi connectivity index (χ3v) is 2.94. The fourth-order valence-corrected chi connectivity index (χ4v) is 1.74. The van der Waals surface area contributed by atoms with Gasteiger partial charge in [-0.3, -0.25) is 9.59 Å². The van der Waals surface area contributed by atoms with Gasteiger partial charge >= 0.3 is 0 Å². The number of carbonyl (C=O) groups excluding carboxylic acids is 2. The molecule has 0 spiro atoms. The van der Waals surface area contributed by atoms with Gasteiger partial charge in [-0.05, 0) is 30.7 Å². The summed E-state index contributed by atoms with van der Waals surface area (Å²) in [6.07, 6.45) is 0.426. The highest BCUT2D eigenvalue weighted by atomic mass is 16.2. The molecule has 1 rings (SSSR count). The Kier molecular flexibility index (Phi) is 6.44. The van der Waals surface area contributed by atoms with Gasteiger partial charge in [-0.2, -0.15) is 0 Å². The van der Waals surface area contributed by atoms with Crippen LogP contribution in [0.15, 0.2) is 18.2 Å². The lowest BCUT2D eigenvalue weighted by atomic mass is 10.0. The number of hydrogen-bond donors (Lipinski definition) is 2. The Morgan fingerprint density at radius 1 is 1.38 bits per heavy atom. The molecule has 0 saturated carbocycles. The summed E-state index contributed by atoms with van der Waals surface area (Å²) in [4.78, 5) is 24.8. The SMILES string of the molecule is CNC(=O)CN(C)C(=O)c1ccc(C#CCCO)c(C)c1. The topological polar surface area (TPSA) is 69.6 Å². The van der Waals surface area contributed by atoms with E-state index in [0.717, 1.165) is 11.1 Å². The number of hydrogen-bond acceptors (Lipinski definition) is 3. The van der Waals surface area contributed by atoms with Crippen molar-refractivity contribution in [3.8, 4) is 11.8 Å². The minimum atomic E-state index is -0.214. The lowest BCUT2D eigenvalue weighted by Gasteiger charge is -2.16. The van der Waals surface area contributed by atoms with E-state index in [0.29, 0.717) is 12.0 Å². The average molecular weight is 288 g/mol. The summed E-state index contributed by atoms with van der Waals surface area (Å²) in [6.45, 7) is 1.93. The molecular formula is C16H20N2O3. The van der Waals surface area contributed by atoms with E-state index in [-0.39, 0.29) is 25.0 Å². The molecule has 0 bridgehead atoms. The molecule has 0 aliphatic rings. The molecule has 0 radical (unpaired) electrons. The van der Waals surface area contributed by atoms with E-state index in [1.165, 1.54) is 11.9 Å². The largest absolute Gasteiger partial charge is 0.395 e. The Labute approximate surface area is 125 Å². The van der Waals surface area contributed by atoms with Crippen LogP contribution < -0.4 is 5.32 Å². The molecule has 0 saturated heterocycles. The molecule has 2 amide bonds. The maximum absolute atomic E-state index is 12.2. The molecule has 0 fully saturated rings. The van der Waals surface area contributed by atoms with Crippen LogP contribution in [0.1, 0.15) is 27.9 Å². The molecule has 1 aromatic rings. The molecule has 0 aliphatic heterocycles. The highest BCUT2D eigenvalue weighted by Crippen LogP contribution is 2.12. The van der Waals surface area contributed by atoms with Gasteiger partial charge in [-0.25, -0.2) is 0 Å². The van der Waals surface area contributed by atoms with Gasteiger partial charge in [0.2, 0.25) is 5.91 Å². The van der Waals surface area contributed by atoms with Crippen LogP contribution in [0, 0.1) is 18.8 Å². The maximum atomic E-state index is 12.2. The van der Waals surface area contributed by atoms with Gasteiger partial charge in [0.1, 0.15) is 0 Å². The number of aryl methyl sites for hydroxylation is 1. The van der Waals surface area contributed by atoms with Gasteiger partial charge in [0, 0.05) is 31.6 Å². The summed E-state index contributed by atoms with van der Waals surface area (Å²) in [5.41, 5.74) is 2.24. The third-order valence-electron chi connectivity index (χ3n) is 2.94. The van der Waals surface area contributed by atoms with Crippen LogP contribution in [0.5, 0.6) is 0 Å². The molecule has 5 heteroatoms. The fraction of sp³-hybridized carbons (Fsp3) is 0.375. The summed E-state index contributed by atoms with van der Waals surface area (Å²) in [5, 5.41) is 11.2. The Hall–Kier alpha value is -2.32. The standard InChI is InChI=1S/C16H20N2O3/c1-12-10-14(8-7-13(12)6-4-5-9-19)16(21)18(3)11-15(20)17-2/h7-8,10,19H,5,9,11H2,1-3H3,(H,17,20). The summed E-state index contributed by atoms with van der Waals surface area (Å²) in [5.74, 6) is 5.38. The number of nitrogens with zero attached hydrogens (tertiary/aromatic N) is 1. The Morgan fingerprint density at radius 2 is 2.10 bits per heavy atom. The zero-order valence-corrected chi connectivity index (χ0v) is 12.6. The van der Waals surface area contributed by atoms with Crippen molar-refractivity contribution in [3.63, 3.8) is 0 Å². The van der Waals surface area contributed by atoms with Gasteiger partial charge in [0.05, 0.1) is 13.2 Å². The second-order valence-corrected chi connectivity index (χ2v) is 4.64. The molecule has 1 aromatic carbocycles. The third kappa shape index (κ3) is 4.93. The number of benzene rings is 1. The number of nitrogens with one attached hydrogen (secondary N) is 1. The summed E-state index contributed by atoms with van der Waals surface area (Å²) < 4.78 is 0. The molecule has 0 heterocycles. The minimum Gasteiger partial charge on any atom is -0.395 e. The molecule has 0 aliphatic carbocycles. The first-order valence-corrected chi connectivity index (χ1v) is 6.66. The smallest absolute Gasteiger partial charge is 0.254 e. The monoisotopic (exact) mass is 288 g/mol. The van der Waals surface area contributed by atoms with E-state index in [9.17, 15) is 9.59 Å². The first-order valence-electron chi connectivity index (χ1n) is 6.66. The van der Waals surface area contributed by atoms with E-state index in [1.54, 1.807) is 25.2 Å². The summed E-state index contributed by atoms with van der Waals surface area (Å²) >= 11 is 0. The molecule has 112 valence electrons. The minimum absolute atomic E-state index is 0.0203. The van der Waals surface area contributed by atoms with Crippen molar-refractivity contribution in [1.82, 2.24) is 10.2 Å². The van der Waals surface area contributed by atoms with Gasteiger partial charge in [-0.15, -0.1) is 0 Å². The van der Waals surface area contributed by atoms with Crippen LogP contribution in [-0.4, -0.2) is 49.1 Å². The van der Waals surface area contributed by atoms with Crippen molar-refractivity contribution in [2.24, 2.45) is 0 Å². The van der Waals surface area contributed by atoms with Gasteiger partial charge in [0.25, 0.3) is 5.91 Å². The first-order chi connectivity index (χ1) is 9.99. The van der Waals surface area contributed by atoms with Crippen molar-refractivity contribution in [1.29, 1.82) is 0 Å². The quantitative estimate of drug-likeness (QED) is 0.795. The molecule has 0 atom stereocenters. The van der Waals surface area contributed by atoms with Crippen LogP contribution in [0.3, 0.4) is 0 Å². The maximum Gasteiger partial charge on any atom is 0.254 e. The Bertz CT molecular complexity index is 585. The van der Waals surface area contributed by atoms with Gasteiger partial charge in [-0.1, -0.05) is 11.8 Å². The average Bonchev–Trinajstić information content (AvgIpc) is 2.48. The number of likely N-dealkylation sites (N-methyl/N-ethyl adjacent to an activating group) is 2. The molecule has 0 aromatic heterocycles. The van der Waals surface area contributed by atoms with Crippen molar-refractivity contribution < 1.29 is 14.7 Å². The van der Waals surface area contributed by atoms with Gasteiger partial charge < -0.3 is 15.3 Å². The van der Waals surface area contributed by atoms with E-state index in [1.807, 2.05) is 6.92 Å². The second kappa shape index (κ2) is 8.08. The van der Waals surface area contributed by atoms with Crippen LogP contribution >= 0.6 is 0 Å². The van der Waals surface area contributed by atoms with Crippen LogP contribution in [0.2, 0.25) is 0 Å². The van der Waals surface area contributed by atoms with E-state index in [2.05, 4.69) is 17.2 Å². The molecule has 5 nitrogen and oxygen atoms in total. The second-order valence-electron chi connectivity index (χ2n) is 4.64. The molecular weight excluding hydrogens is 268 g/mol. The zero-order chi connectivity index (χ0) is 15.8. The fourth-order valence-electron chi connectivity index (χ4n) is 1.74. The van der Waals surface area contributed by atoms with E-state index in [4.69, 9.17) is 5.11 Å². The number of aliphatic hydroxyl groups is 1. The molecule has 21 heavy (non-hydrogen) atoms. The predicted molar refractivity (Wildman–Crippen MR) is 80.8 cm³/mol. The van der Waals surface area contributed by atoms with Crippen LogP contribution in [-0.2, 0) is 4.79 Å². The molecule has 0 unspecified atom stereocenters. The summed E-state index contributed by atoms with van der Waals surface area (Å²) in [6, 6.07) is 5.23. The predicted octanol–water partition coefficient (Wildman–Crippen LogP) is 0.547. The normalized spacial score (nSPS) is 9.52. The first kappa shape index (κ1) is 16.7. The lowest BCUT2D eigenvalue weighted by Crippen LogP contribution is -2.36. The Balaban J connectivity index is 2.86.